The number of ether oxygens (including phenoxy) is 1. The Morgan fingerprint density at radius 2 is 1.57 bits per heavy atom. The molecule has 2 nitrogen and oxygen atoms in total. The summed E-state index contributed by atoms with van der Waals surface area (Å²) < 4.78 is 5.34. The Labute approximate surface area is 186 Å². The monoisotopic (exact) mass is 422 g/mol. The average molecular weight is 423 g/mol. The van der Waals surface area contributed by atoms with Crippen molar-refractivity contribution >= 4 is 17.7 Å². The predicted molar refractivity (Wildman–Crippen MR) is 129 cm³/mol. The van der Waals surface area contributed by atoms with Gasteiger partial charge >= 0.3 is 5.97 Å². The minimum atomic E-state index is -0.232. The molecule has 2 aromatic rings. The van der Waals surface area contributed by atoms with E-state index in [9.17, 15) is 4.79 Å². The van der Waals surface area contributed by atoms with Crippen molar-refractivity contribution in [3.63, 3.8) is 0 Å². The van der Waals surface area contributed by atoms with Crippen molar-refractivity contribution in [2.75, 3.05) is 0 Å². The third kappa shape index (κ3) is 9.49. The smallest absolute Gasteiger partial charge is 0.312 e. The molecule has 1 unspecified atom stereocenters. The Morgan fingerprint density at radius 3 is 2.20 bits per heavy atom. The van der Waals surface area contributed by atoms with E-state index in [1.54, 1.807) is 11.8 Å². The topological polar surface area (TPSA) is 26.3 Å². The molecule has 1 atom stereocenters. The highest BCUT2D eigenvalue weighted by molar-refractivity contribution is 8.00. The number of thioether (sulfide) groups is 1. The van der Waals surface area contributed by atoms with Gasteiger partial charge in [-0.25, -0.2) is 0 Å². The van der Waals surface area contributed by atoms with Crippen molar-refractivity contribution in [3.05, 3.63) is 84.0 Å². The minimum absolute atomic E-state index is 0.184. The number of carbonyl (C=O) groups excluding carboxylic acids is 1. The number of carbonyl (C=O) groups is 1. The van der Waals surface area contributed by atoms with Crippen LogP contribution in [0.25, 0.3) is 0 Å². The summed E-state index contributed by atoms with van der Waals surface area (Å²) in [6, 6.07) is 19.6. The molecule has 160 valence electrons. The van der Waals surface area contributed by atoms with Gasteiger partial charge in [-0.1, -0.05) is 59.7 Å². The molecular formula is C27H34O2S. The predicted octanol–water partition coefficient (Wildman–Crippen LogP) is 8.01. The van der Waals surface area contributed by atoms with E-state index in [1.165, 1.54) is 16.0 Å². The maximum atomic E-state index is 12.7. The first-order chi connectivity index (χ1) is 14.4. The number of benzene rings is 2. The largest absolute Gasteiger partial charge is 0.426 e. The summed E-state index contributed by atoms with van der Waals surface area (Å²) in [7, 11) is 0. The van der Waals surface area contributed by atoms with E-state index in [2.05, 4.69) is 52.0 Å². The van der Waals surface area contributed by atoms with Crippen molar-refractivity contribution in [2.24, 2.45) is 0 Å². The maximum Gasteiger partial charge on any atom is 0.312 e. The lowest BCUT2D eigenvalue weighted by molar-refractivity contribution is -0.134. The van der Waals surface area contributed by atoms with Gasteiger partial charge in [0.1, 0.15) is 5.75 Å². The average Bonchev–Trinajstić information content (AvgIpc) is 2.69. The van der Waals surface area contributed by atoms with Crippen LogP contribution in [0.1, 0.15) is 59.8 Å². The molecule has 0 aliphatic carbocycles. The molecule has 0 heterocycles. The Balaban J connectivity index is 2.01. The van der Waals surface area contributed by atoms with E-state index < -0.39 is 0 Å². The Kier molecular flexibility index (Phi) is 9.96. The molecule has 0 aromatic heterocycles. The third-order valence-electron chi connectivity index (χ3n) is 4.86. The van der Waals surface area contributed by atoms with Crippen LogP contribution in [0.2, 0.25) is 0 Å². The van der Waals surface area contributed by atoms with Gasteiger partial charge < -0.3 is 4.74 Å². The Bertz CT molecular complexity index is 836. The molecule has 0 bridgehead atoms. The van der Waals surface area contributed by atoms with Gasteiger partial charge in [-0.3, -0.25) is 4.79 Å². The lowest BCUT2D eigenvalue weighted by atomic mass is 9.99. The zero-order valence-electron chi connectivity index (χ0n) is 18.7. The fourth-order valence-electron chi connectivity index (χ4n) is 3.22. The molecule has 0 saturated carbocycles. The molecule has 0 amide bonds. The summed E-state index contributed by atoms with van der Waals surface area (Å²) >= 11 is 1.76. The summed E-state index contributed by atoms with van der Waals surface area (Å²) in [6.45, 7) is 8.65. The molecule has 0 fully saturated rings. The zero-order valence-corrected chi connectivity index (χ0v) is 19.5. The van der Waals surface area contributed by atoms with Gasteiger partial charge in [0.2, 0.25) is 0 Å². The summed E-state index contributed by atoms with van der Waals surface area (Å²) in [5.74, 6) is 0.418. The number of para-hydroxylation sites is 1. The first kappa shape index (κ1) is 24.0. The van der Waals surface area contributed by atoms with Crippen molar-refractivity contribution < 1.29 is 9.53 Å². The Morgan fingerprint density at radius 1 is 0.933 bits per heavy atom. The highest BCUT2D eigenvalue weighted by atomic mass is 32.2. The second-order valence-corrected chi connectivity index (χ2v) is 9.90. The van der Waals surface area contributed by atoms with E-state index in [1.807, 2.05) is 48.5 Å². The van der Waals surface area contributed by atoms with Crippen LogP contribution in [0.5, 0.6) is 5.75 Å². The minimum Gasteiger partial charge on any atom is -0.426 e. The number of esters is 1. The number of hydrogen-bond donors (Lipinski definition) is 0. The second-order valence-electron chi connectivity index (χ2n) is 8.24. The van der Waals surface area contributed by atoms with Crippen molar-refractivity contribution in [1.82, 2.24) is 0 Å². The number of rotatable bonds is 11. The summed E-state index contributed by atoms with van der Waals surface area (Å²) in [6.07, 6.45) is 9.02. The van der Waals surface area contributed by atoms with Gasteiger partial charge in [0.25, 0.3) is 0 Å². The normalized spacial score (nSPS) is 13.4. The van der Waals surface area contributed by atoms with Gasteiger partial charge in [-0.05, 0) is 77.6 Å². The fourth-order valence-corrected chi connectivity index (χ4v) is 4.50. The van der Waals surface area contributed by atoms with Crippen molar-refractivity contribution in [2.45, 2.75) is 69.4 Å². The molecule has 0 N–H and O–H groups in total. The third-order valence-corrected chi connectivity index (χ3v) is 6.21. The standard InChI is InChI=1S/C27H34O2S/c1-22(2)13-11-14-23(3)15-12-20-27(4,30-25-18-9-6-10-19-25)21-26(28)29-24-16-7-5-8-17-24/h5-10,13,15-19H,11-12,14,20-21H2,1-4H3/b23-15-. The van der Waals surface area contributed by atoms with Gasteiger partial charge in [-0.15, -0.1) is 11.8 Å². The van der Waals surface area contributed by atoms with Crippen LogP contribution >= 0.6 is 11.8 Å². The van der Waals surface area contributed by atoms with Gasteiger partial charge in [-0.2, -0.15) is 0 Å². The summed E-state index contributed by atoms with van der Waals surface area (Å²) in [4.78, 5) is 13.8. The van der Waals surface area contributed by atoms with Gasteiger partial charge in [0.15, 0.2) is 0 Å². The van der Waals surface area contributed by atoms with E-state index in [4.69, 9.17) is 4.74 Å². The second kappa shape index (κ2) is 12.4. The molecule has 0 aliphatic heterocycles. The quantitative estimate of drug-likeness (QED) is 0.159. The van der Waals surface area contributed by atoms with Crippen molar-refractivity contribution in [3.8, 4) is 5.75 Å². The number of hydrogen-bond acceptors (Lipinski definition) is 3. The molecule has 0 radical (unpaired) electrons. The van der Waals surface area contributed by atoms with E-state index in [0.717, 1.165) is 25.7 Å². The molecule has 2 rings (SSSR count). The van der Waals surface area contributed by atoms with Gasteiger partial charge in [0, 0.05) is 9.64 Å². The highest BCUT2D eigenvalue weighted by Crippen LogP contribution is 2.39. The lowest BCUT2D eigenvalue weighted by Crippen LogP contribution is -2.26. The SMILES string of the molecule is CC(C)=CCC/C(C)=C\CCC(C)(CC(=O)Oc1ccccc1)Sc1ccccc1. The fraction of sp³-hybridized carbons (Fsp3) is 0.370. The molecule has 3 heteroatoms. The van der Waals surface area contributed by atoms with Gasteiger partial charge in [0.05, 0.1) is 6.42 Å². The lowest BCUT2D eigenvalue weighted by Gasteiger charge is -2.28. The first-order valence-electron chi connectivity index (χ1n) is 10.7. The van der Waals surface area contributed by atoms with Crippen LogP contribution < -0.4 is 4.74 Å². The van der Waals surface area contributed by atoms with Crippen LogP contribution in [0.15, 0.2) is 88.9 Å². The highest BCUT2D eigenvalue weighted by Gasteiger charge is 2.29. The van der Waals surface area contributed by atoms with E-state index in [-0.39, 0.29) is 10.7 Å². The van der Waals surface area contributed by atoms with Crippen LogP contribution in [-0.2, 0) is 4.79 Å². The van der Waals surface area contributed by atoms with Crippen LogP contribution in [0.4, 0.5) is 0 Å². The van der Waals surface area contributed by atoms with Crippen LogP contribution in [0.3, 0.4) is 0 Å². The summed E-state index contributed by atoms with van der Waals surface area (Å²) in [5.41, 5.74) is 2.78. The zero-order chi connectivity index (χ0) is 21.8. The molecule has 0 saturated heterocycles. The summed E-state index contributed by atoms with van der Waals surface area (Å²) in [5, 5.41) is 0. The number of allylic oxidation sites excluding steroid dienone is 4. The van der Waals surface area contributed by atoms with Crippen LogP contribution in [-0.4, -0.2) is 10.7 Å². The van der Waals surface area contributed by atoms with Crippen molar-refractivity contribution in [1.29, 1.82) is 0 Å². The first-order valence-corrected chi connectivity index (χ1v) is 11.5. The molecular weight excluding hydrogens is 388 g/mol. The molecule has 0 spiro atoms. The Hall–Kier alpha value is -2.26. The molecule has 30 heavy (non-hydrogen) atoms. The maximum absolute atomic E-state index is 12.7. The molecule has 2 aromatic carbocycles. The van der Waals surface area contributed by atoms with Crippen LogP contribution in [0, 0.1) is 0 Å². The van der Waals surface area contributed by atoms with E-state index in [0.29, 0.717) is 12.2 Å². The molecule has 0 aliphatic rings. The van der Waals surface area contributed by atoms with E-state index >= 15 is 0 Å².